The Kier molecular flexibility index (Phi) is 6.26. The van der Waals surface area contributed by atoms with Gasteiger partial charge in [-0.3, -0.25) is 9.52 Å². The van der Waals surface area contributed by atoms with Crippen LogP contribution >= 0.6 is 0 Å². The van der Waals surface area contributed by atoms with Crippen LogP contribution in [-0.4, -0.2) is 59.9 Å². The number of hydrogen-bond acceptors (Lipinski definition) is 6. The Bertz CT molecular complexity index is 1220. The summed E-state index contributed by atoms with van der Waals surface area (Å²) in [6.07, 6.45) is 1.27. The zero-order valence-electron chi connectivity index (χ0n) is 17.7. The molecule has 2 aromatic rings. The van der Waals surface area contributed by atoms with Crippen LogP contribution in [0, 0.1) is 6.92 Å². The van der Waals surface area contributed by atoms with Crippen LogP contribution in [0.2, 0.25) is 0 Å². The van der Waals surface area contributed by atoms with E-state index in [1.54, 1.807) is 30.0 Å². The molecule has 0 aromatic heterocycles. The number of carbonyl (C=O) groups is 1. The maximum Gasteiger partial charge on any atom is 0.261 e. The topological polar surface area (TPSA) is 113 Å². The minimum atomic E-state index is -3.95. The molecule has 2 aliphatic rings. The van der Waals surface area contributed by atoms with E-state index < -0.39 is 20.0 Å². The molecule has 0 radical (unpaired) electrons. The molecule has 1 amide bonds. The Morgan fingerprint density at radius 3 is 2.25 bits per heavy atom. The Balaban J connectivity index is 1.57. The van der Waals surface area contributed by atoms with E-state index in [4.69, 9.17) is 4.74 Å². The van der Waals surface area contributed by atoms with E-state index in [2.05, 4.69) is 4.72 Å². The number of hydrogen-bond donors (Lipinski definition) is 1. The highest BCUT2D eigenvalue weighted by Gasteiger charge is 2.28. The van der Waals surface area contributed by atoms with Crippen LogP contribution in [0.4, 0.5) is 11.4 Å². The van der Waals surface area contributed by atoms with Crippen LogP contribution in [0.5, 0.6) is 0 Å². The number of sulfonamides is 2. The summed E-state index contributed by atoms with van der Waals surface area (Å²) in [5.41, 5.74) is 1.33. The second-order valence-electron chi connectivity index (χ2n) is 7.75. The van der Waals surface area contributed by atoms with Crippen molar-refractivity contribution in [1.29, 1.82) is 0 Å². The monoisotopic (exact) mass is 479 g/mol. The third-order valence-electron chi connectivity index (χ3n) is 5.56. The fourth-order valence-electron chi connectivity index (χ4n) is 3.81. The molecule has 0 atom stereocenters. The second kappa shape index (κ2) is 8.81. The average Bonchev–Trinajstić information content (AvgIpc) is 3.21. The Morgan fingerprint density at radius 2 is 1.62 bits per heavy atom. The molecule has 0 saturated carbocycles. The number of nitrogens with one attached hydrogen (secondary N) is 1. The number of rotatable bonds is 6. The molecular weight excluding hydrogens is 454 g/mol. The third kappa shape index (κ3) is 4.51. The molecule has 2 aliphatic heterocycles. The van der Waals surface area contributed by atoms with Gasteiger partial charge in [0, 0.05) is 31.7 Å². The van der Waals surface area contributed by atoms with E-state index >= 15 is 0 Å². The van der Waals surface area contributed by atoms with Crippen molar-refractivity contribution in [3.05, 3.63) is 48.0 Å². The van der Waals surface area contributed by atoms with Gasteiger partial charge in [-0.2, -0.15) is 4.31 Å². The van der Waals surface area contributed by atoms with Gasteiger partial charge in [-0.05, 0) is 55.3 Å². The lowest BCUT2D eigenvalue weighted by molar-refractivity contribution is -0.117. The lowest BCUT2D eigenvalue weighted by Gasteiger charge is -2.27. The standard InChI is InChI=1S/C21H25N3O6S2/c1-16-4-5-17(15-20(16)32(28,29)23-11-13-30-14-12-23)22-31(26,27)19-8-6-18(7-9-19)24-10-2-3-21(24)25/h4-9,15,22H,2-3,10-14H2,1H3. The van der Waals surface area contributed by atoms with Crippen molar-refractivity contribution >= 4 is 37.3 Å². The van der Waals surface area contributed by atoms with Gasteiger partial charge in [0.2, 0.25) is 15.9 Å². The second-order valence-corrected chi connectivity index (χ2v) is 11.3. The van der Waals surface area contributed by atoms with Gasteiger partial charge in [-0.25, -0.2) is 16.8 Å². The predicted molar refractivity (Wildman–Crippen MR) is 120 cm³/mol. The Hall–Kier alpha value is -2.47. The molecular formula is C21H25N3O6S2. The van der Waals surface area contributed by atoms with E-state index in [9.17, 15) is 21.6 Å². The van der Waals surface area contributed by atoms with Crippen LogP contribution in [0.1, 0.15) is 18.4 Å². The van der Waals surface area contributed by atoms with E-state index in [-0.39, 0.29) is 34.5 Å². The maximum absolute atomic E-state index is 13.0. The van der Waals surface area contributed by atoms with Crippen molar-refractivity contribution in [2.75, 3.05) is 42.5 Å². The van der Waals surface area contributed by atoms with Gasteiger partial charge >= 0.3 is 0 Å². The minimum Gasteiger partial charge on any atom is -0.379 e. The first-order valence-electron chi connectivity index (χ1n) is 10.3. The van der Waals surface area contributed by atoms with Crippen molar-refractivity contribution in [2.45, 2.75) is 29.6 Å². The number of anilines is 2. The summed E-state index contributed by atoms with van der Waals surface area (Å²) in [7, 11) is -7.72. The Morgan fingerprint density at radius 1 is 0.938 bits per heavy atom. The normalized spacial score (nSPS) is 18.2. The molecule has 2 fully saturated rings. The van der Waals surface area contributed by atoms with E-state index in [0.29, 0.717) is 37.4 Å². The SMILES string of the molecule is Cc1ccc(NS(=O)(=O)c2ccc(N3CCCC3=O)cc2)cc1S(=O)(=O)N1CCOCC1. The predicted octanol–water partition coefficient (Wildman–Crippen LogP) is 1.94. The molecule has 2 aromatic carbocycles. The van der Waals surface area contributed by atoms with Crippen LogP contribution < -0.4 is 9.62 Å². The molecule has 0 spiro atoms. The number of amides is 1. The van der Waals surface area contributed by atoms with Crippen molar-refractivity contribution in [3.8, 4) is 0 Å². The molecule has 2 heterocycles. The van der Waals surface area contributed by atoms with Crippen molar-refractivity contribution in [2.24, 2.45) is 0 Å². The number of morpholine rings is 1. The van der Waals surface area contributed by atoms with Crippen molar-refractivity contribution < 1.29 is 26.4 Å². The summed E-state index contributed by atoms with van der Waals surface area (Å²) < 4.78 is 60.9. The van der Waals surface area contributed by atoms with Crippen LogP contribution in [0.25, 0.3) is 0 Å². The maximum atomic E-state index is 13.0. The van der Waals surface area contributed by atoms with Gasteiger partial charge in [-0.15, -0.1) is 0 Å². The summed E-state index contributed by atoms with van der Waals surface area (Å²) in [5.74, 6) is 0.0207. The summed E-state index contributed by atoms with van der Waals surface area (Å²) in [4.78, 5) is 13.6. The van der Waals surface area contributed by atoms with E-state index in [0.717, 1.165) is 6.42 Å². The number of benzene rings is 2. The highest BCUT2D eigenvalue weighted by Crippen LogP contribution is 2.27. The number of nitrogens with zero attached hydrogens (tertiary/aromatic N) is 2. The molecule has 11 heteroatoms. The van der Waals surface area contributed by atoms with Gasteiger partial charge in [0.05, 0.1) is 28.7 Å². The fraction of sp³-hybridized carbons (Fsp3) is 0.381. The quantitative estimate of drug-likeness (QED) is 0.678. The van der Waals surface area contributed by atoms with Crippen LogP contribution in [-0.2, 0) is 29.6 Å². The molecule has 172 valence electrons. The average molecular weight is 480 g/mol. The lowest BCUT2D eigenvalue weighted by atomic mass is 10.2. The molecule has 0 bridgehead atoms. The molecule has 32 heavy (non-hydrogen) atoms. The fourth-order valence-corrected chi connectivity index (χ4v) is 6.52. The summed E-state index contributed by atoms with van der Waals surface area (Å²) >= 11 is 0. The number of carbonyl (C=O) groups excluding carboxylic acids is 1. The van der Waals surface area contributed by atoms with Crippen LogP contribution in [0.15, 0.2) is 52.3 Å². The van der Waals surface area contributed by atoms with Gasteiger partial charge in [0.1, 0.15) is 0 Å². The van der Waals surface area contributed by atoms with Gasteiger partial charge in [0.25, 0.3) is 10.0 Å². The summed E-state index contributed by atoms with van der Waals surface area (Å²) in [5, 5.41) is 0. The molecule has 2 saturated heterocycles. The minimum absolute atomic E-state index is 0.0195. The number of ether oxygens (including phenoxy) is 1. The van der Waals surface area contributed by atoms with Gasteiger partial charge < -0.3 is 9.64 Å². The zero-order chi connectivity index (χ0) is 22.9. The lowest BCUT2D eigenvalue weighted by Crippen LogP contribution is -2.40. The molecule has 0 unspecified atom stereocenters. The first-order valence-corrected chi connectivity index (χ1v) is 13.2. The first kappa shape index (κ1) is 22.7. The first-order chi connectivity index (χ1) is 15.2. The van der Waals surface area contributed by atoms with Crippen molar-refractivity contribution in [1.82, 2.24) is 4.31 Å². The van der Waals surface area contributed by atoms with Crippen LogP contribution in [0.3, 0.4) is 0 Å². The zero-order valence-corrected chi connectivity index (χ0v) is 19.3. The van der Waals surface area contributed by atoms with Gasteiger partial charge in [-0.1, -0.05) is 6.07 Å². The third-order valence-corrected chi connectivity index (χ3v) is 9.00. The number of aryl methyl sites for hydroxylation is 1. The molecule has 0 aliphatic carbocycles. The smallest absolute Gasteiger partial charge is 0.261 e. The Labute approximate surface area is 188 Å². The largest absolute Gasteiger partial charge is 0.379 e. The van der Waals surface area contributed by atoms with Crippen molar-refractivity contribution in [3.63, 3.8) is 0 Å². The molecule has 9 nitrogen and oxygen atoms in total. The summed E-state index contributed by atoms with van der Waals surface area (Å²) in [6, 6.07) is 10.5. The molecule has 1 N–H and O–H groups in total. The van der Waals surface area contributed by atoms with E-state index in [1.165, 1.54) is 28.6 Å². The van der Waals surface area contributed by atoms with E-state index in [1.807, 2.05) is 0 Å². The molecule has 4 rings (SSSR count). The highest BCUT2D eigenvalue weighted by atomic mass is 32.2. The summed E-state index contributed by atoms with van der Waals surface area (Å²) in [6.45, 7) is 3.44. The van der Waals surface area contributed by atoms with Gasteiger partial charge in [0.15, 0.2) is 0 Å². The highest BCUT2D eigenvalue weighted by molar-refractivity contribution is 7.92.